The van der Waals surface area contributed by atoms with Crippen LogP contribution in [0.4, 0.5) is 14.5 Å². The van der Waals surface area contributed by atoms with Crippen LogP contribution in [0.1, 0.15) is 22.5 Å². The van der Waals surface area contributed by atoms with Crippen LogP contribution in [0.2, 0.25) is 0 Å². The van der Waals surface area contributed by atoms with Crippen molar-refractivity contribution < 1.29 is 13.6 Å². The maximum atomic E-state index is 12.4. The first-order valence-electron chi connectivity index (χ1n) is 3.37. The van der Waals surface area contributed by atoms with E-state index in [1.165, 1.54) is 0 Å². The summed E-state index contributed by atoms with van der Waals surface area (Å²) in [5.41, 5.74) is 4.09. The Kier molecular flexibility index (Phi) is 3.38. The Balaban J connectivity index is 3.41. The Morgan fingerprint density at radius 1 is 1.64 bits per heavy atom. The third-order valence-corrected chi connectivity index (χ3v) is 2.32. The smallest absolute Gasteiger partial charge is 0.272 e. The fourth-order valence-electron chi connectivity index (χ4n) is 0.895. The lowest BCUT2D eigenvalue weighted by molar-refractivity contribution is 0.107. The predicted octanol–water partition coefficient (Wildman–Crippen LogP) is 2.74. The average molecular weight is 285 g/mol. The first-order chi connectivity index (χ1) is 6.45. The molecule has 0 aromatic carbocycles. The molecule has 0 atom stereocenters. The second-order valence-electron chi connectivity index (χ2n) is 2.36. The summed E-state index contributed by atoms with van der Waals surface area (Å²) < 4.78 is 24.9. The van der Waals surface area contributed by atoms with Gasteiger partial charge in [0.15, 0.2) is 0 Å². The molecule has 2 N–H and O–H groups in total. The van der Waals surface area contributed by atoms with E-state index >= 15 is 0 Å². The topological polar surface area (TPSA) is 56.0 Å². The van der Waals surface area contributed by atoms with Crippen LogP contribution in [0.5, 0.6) is 0 Å². The molecule has 0 spiro atoms. The second-order valence-corrected chi connectivity index (χ2v) is 3.55. The number of pyridine rings is 1. The van der Waals surface area contributed by atoms with E-state index in [0.29, 0.717) is 0 Å². The number of alkyl halides is 2. The molecule has 1 aromatic heterocycles. The van der Waals surface area contributed by atoms with E-state index in [4.69, 9.17) is 17.3 Å². The van der Waals surface area contributed by atoms with E-state index in [1.807, 2.05) is 0 Å². The zero-order valence-corrected chi connectivity index (χ0v) is 8.94. The van der Waals surface area contributed by atoms with Crippen LogP contribution in [-0.4, -0.2) is 10.2 Å². The Bertz CT molecular complexity index is 386. The minimum atomic E-state index is -2.79. The number of carbonyl (C=O) groups is 1. The summed E-state index contributed by atoms with van der Waals surface area (Å²) in [4.78, 5) is 14.2. The van der Waals surface area contributed by atoms with Gasteiger partial charge in [-0.05, 0) is 27.5 Å². The van der Waals surface area contributed by atoms with Crippen LogP contribution < -0.4 is 5.73 Å². The van der Waals surface area contributed by atoms with E-state index in [9.17, 15) is 13.6 Å². The standard InChI is InChI=1S/C7H4BrClF2N2O/c8-2-1-13-5(6(9)14)4(12)3(2)7(10)11/h1,7H,12H2. The molecule has 0 aliphatic heterocycles. The Labute approximate surface area is 91.4 Å². The molecule has 1 heterocycles. The Morgan fingerprint density at radius 3 is 2.64 bits per heavy atom. The molecule has 1 rings (SSSR count). The van der Waals surface area contributed by atoms with Crippen molar-refractivity contribution in [3.8, 4) is 0 Å². The summed E-state index contributed by atoms with van der Waals surface area (Å²) in [6.07, 6.45) is -1.73. The third-order valence-electron chi connectivity index (χ3n) is 1.51. The normalized spacial score (nSPS) is 10.6. The molecule has 0 aliphatic rings. The maximum Gasteiger partial charge on any atom is 0.272 e. The van der Waals surface area contributed by atoms with Crippen LogP contribution >= 0.6 is 27.5 Å². The summed E-state index contributed by atoms with van der Waals surface area (Å²) in [6, 6.07) is 0. The van der Waals surface area contributed by atoms with Gasteiger partial charge < -0.3 is 5.73 Å². The van der Waals surface area contributed by atoms with Crippen LogP contribution in [0.15, 0.2) is 10.7 Å². The molecule has 14 heavy (non-hydrogen) atoms. The molecule has 7 heteroatoms. The highest BCUT2D eigenvalue weighted by atomic mass is 79.9. The van der Waals surface area contributed by atoms with Gasteiger partial charge in [0.05, 0.1) is 11.3 Å². The summed E-state index contributed by atoms with van der Waals surface area (Å²) in [5, 5.41) is -0.961. The summed E-state index contributed by atoms with van der Waals surface area (Å²) in [6.45, 7) is 0. The SMILES string of the molecule is Nc1c(C(=O)Cl)ncc(Br)c1C(F)F. The molecular weight excluding hydrogens is 281 g/mol. The first-order valence-corrected chi connectivity index (χ1v) is 4.54. The molecule has 1 aromatic rings. The van der Waals surface area contributed by atoms with Crippen molar-refractivity contribution in [3.05, 3.63) is 21.9 Å². The molecule has 0 fully saturated rings. The van der Waals surface area contributed by atoms with Crippen LogP contribution in [-0.2, 0) is 0 Å². The number of anilines is 1. The highest BCUT2D eigenvalue weighted by Crippen LogP contribution is 2.33. The molecule has 3 nitrogen and oxygen atoms in total. The predicted molar refractivity (Wildman–Crippen MR) is 51.5 cm³/mol. The summed E-state index contributed by atoms with van der Waals surface area (Å²) in [5.74, 6) is 0. The van der Waals surface area contributed by atoms with Crippen LogP contribution in [0.3, 0.4) is 0 Å². The van der Waals surface area contributed by atoms with Gasteiger partial charge in [-0.2, -0.15) is 0 Å². The maximum absolute atomic E-state index is 12.4. The fourth-order valence-corrected chi connectivity index (χ4v) is 1.53. The van der Waals surface area contributed by atoms with E-state index in [0.717, 1.165) is 6.20 Å². The molecule has 0 bridgehead atoms. The Morgan fingerprint density at radius 2 is 2.21 bits per heavy atom. The number of aromatic nitrogens is 1. The number of carbonyl (C=O) groups excluding carboxylic acids is 1. The van der Waals surface area contributed by atoms with Crippen LogP contribution in [0, 0.1) is 0 Å². The number of hydrogen-bond acceptors (Lipinski definition) is 3. The average Bonchev–Trinajstić information content (AvgIpc) is 2.02. The lowest BCUT2D eigenvalue weighted by atomic mass is 10.2. The van der Waals surface area contributed by atoms with Gasteiger partial charge in [-0.25, -0.2) is 13.8 Å². The van der Waals surface area contributed by atoms with E-state index < -0.39 is 22.9 Å². The number of rotatable bonds is 2. The highest BCUT2D eigenvalue weighted by molar-refractivity contribution is 9.10. The van der Waals surface area contributed by atoms with E-state index in [2.05, 4.69) is 20.9 Å². The van der Waals surface area contributed by atoms with Crippen molar-refractivity contribution in [3.63, 3.8) is 0 Å². The van der Waals surface area contributed by atoms with Crippen molar-refractivity contribution in [2.24, 2.45) is 0 Å². The second kappa shape index (κ2) is 4.18. The molecule has 0 amide bonds. The quantitative estimate of drug-likeness (QED) is 0.850. The first kappa shape index (κ1) is 11.3. The van der Waals surface area contributed by atoms with Crippen LogP contribution in [0.25, 0.3) is 0 Å². The molecule has 0 saturated heterocycles. The minimum absolute atomic E-state index is 0.0478. The van der Waals surface area contributed by atoms with E-state index in [1.54, 1.807) is 0 Å². The van der Waals surface area contributed by atoms with E-state index in [-0.39, 0.29) is 10.2 Å². The number of hydrogen-bond donors (Lipinski definition) is 1. The monoisotopic (exact) mass is 284 g/mol. The van der Waals surface area contributed by atoms with Gasteiger partial charge in [-0.15, -0.1) is 0 Å². The van der Waals surface area contributed by atoms with Crippen molar-refractivity contribution in [1.29, 1.82) is 0 Å². The molecule has 76 valence electrons. The molecular formula is C7H4BrClF2N2O. The van der Waals surface area contributed by atoms with Gasteiger partial charge in [0, 0.05) is 10.7 Å². The third kappa shape index (κ3) is 2.01. The van der Waals surface area contributed by atoms with Crippen molar-refractivity contribution >= 4 is 38.5 Å². The summed E-state index contributed by atoms with van der Waals surface area (Å²) >= 11 is 7.95. The number of nitrogens with two attached hydrogens (primary N) is 1. The van der Waals surface area contributed by atoms with Gasteiger partial charge in [-0.1, -0.05) is 0 Å². The van der Waals surface area contributed by atoms with Gasteiger partial charge in [-0.3, -0.25) is 4.79 Å². The molecule has 0 aliphatic carbocycles. The fraction of sp³-hybridized carbons (Fsp3) is 0.143. The van der Waals surface area contributed by atoms with Crippen molar-refractivity contribution in [2.75, 3.05) is 5.73 Å². The number of halogens is 4. The number of nitrogen functional groups attached to an aromatic ring is 1. The van der Waals surface area contributed by atoms with Gasteiger partial charge >= 0.3 is 0 Å². The molecule has 0 saturated carbocycles. The summed E-state index contributed by atoms with van der Waals surface area (Å²) in [7, 11) is 0. The zero-order valence-electron chi connectivity index (χ0n) is 6.60. The zero-order chi connectivity index (χ0) is 10.9. The van der Waals surface area contributed by atoms with Crippen molar-refractivity contribution in [1.82, 2.24) is 4.98 Å². The largest absolute Gasteiger partial charge is 0.396 e. The lowest BCUT2D eigenvalue weighted by Gasteiger charge is -2.08. The van der Waals surface area contributed by atoms with Gasteiger partial charge in [0.25, 0.3) is 11.7 Å². The number of nitrogens with zero attached hydrogens (tertiary/aromatic N) is 1. The minimum Gasteiger partial charge on any atom is -0.396 e. The van der Waals surface area contributed by atoms with Gasteiger partial charge in [0.2, 0.25) is 0 Å². The molecule has 0 radical (unpaired) electrons. The Hall–Kier alpha value is -0.750. The van der Waals surface area contributed by atoms with Crippen molar-refractivity contribution in [2.45, 2.75) is 6.43 Å². The van der Waals surface area contributed by atoms with Gasteiger partial charge in [0.1, 0.15) is 5.69 Å². The lowest BCUT2D eigenvalue weighted by Crippen LogP contribution is -2.06. The highest BCUT2D eigenvalue weighted by Gasteiger charge is 2.21. The molecule has 0 unspecified atom stereocenters.